The zero-order valence-corrected chi connectivity index (χ0v) is 35.4. The van der Waals surface area contributed by atoms with Gasteiger partial charge in [-0.3, -0.25) is 9.59 Å². The largest absolute Gasteiger partial charge is 0.497 e. The molecule has 6 atom stereocenters. The van der Waals surface area contributed by atoms with E-state index in [9.17, 15) is 24.0 Å². The molecule has 1 aliphatic rings. The molecular formula is C48H45ClO13. The monoisotopic (exact) mass is 864 g/mol. The van der Waals surface area contributed by atoms with Gasteiger partial charge in [0.2, 0.25) is 12.4 Å². The van der Waals surface area contributed by atoms with Crippen LogP contribution in [-0.2, 0) is 51.0 Å². The fourth-order valence-corrected chi connectivity index (χ4v) is 7.37. The molecule has 1 aliphatic heterocycles. The van der Waals surface area contributed by atoms with Crippen molar-refractivity contribution in [1.82, 2.24) is 0 Å². The van der Waals surface area contributed by atoms with Gasteiger partial charge in [-0.1, -0.05) is 78.3 Å². The molecule has 0 amide bonds. The Balaban J connectivity index is 1.52. The van der Waals surface area contributed by atoms with Crippen molar-refractivity contribution in [3.05, 3.63) is 166 Å². The predicted octanol–water partition coefficient (Wildman–Crippen LogP) is 8.12. The number of rotatable bonds is 15. The lowest BCUT2D eigenvalue weighted by molar-refractivity contribution is -0.317. The predicted molar refractivity (Wildman–Crippen MR) is 225 cm³/mol. The molecule has 0 radical (unpaired) electrons. The van der Waals surface area contributed by atoms with Crippen LogP contribution in [0.2, 0.25) is 5.02 Å². The minimum atomic E-state index is -2.02. The lowest BCUT2D eigenvalue weighted by Gasteiger charge is -2.51. The number of esters is 5. The van der Waals surface area contributed by atoms with E-state index in [0.717, 1.165) is 12.5 Å². The molecule has 0 bridgehead atoms. The van der Waals surface area contributed by atoms with E-state index >= 15 is 0 Å². The molecule has 0 spiro atoms. The first-order chi connectivity index (χ1) is 29.7. The molecule has 0 aliphatic carbocycles. The van der Waals surface area contributed by atoms with Crippen LogP contribution in [-0.4, -0.2) is 73.3 Å². The second kappa shape index (κ2) is 20.2. The number of carbonyl (C=O) groups excluding carboxylic acids is 5. The lowest BCUT2D eigenvalue weighted by Crippen LogP contribution is -2.71. The SMILES string of the molecule is COc1ccc(Cc2c(Cl)cc(COC(C)=O)cc2O[C@@H]2O[C@H]([C@@H](C)OC(=O)c3ccccc3)[C@@](C)(OC(C)=O)[C@H](OC(=O)c3ccccc3)[C@H]2OC(=O)c2ccccc2)cc1. The summed E-state index contributed by atoms with van der Waals surface area (Å²) in [5.74, 6) is -3.07. The Morgan fingerprint density at radius 3 is 1.79 bits per heavy atom. The molecule has 1 fully saturated rings. The standard InChI is InChI=1S/C48H45ClO13/c1-29(57-44(52)34-15-9-6-10-16-34)42-48(4,62-31(3)51)43(60-46(54)36-19-13-8-14-20-36)41(59-45(53)35-17-11-7-12-18-35)47(61-42)58-40-27-33(28-56-30(2)50)26-39(49)38(40)25-32-21-23-37(55-5)24-22-32/h6-24,26-27,29,41-43,47H,25,28H2,1-5H3/t29-,41-,42-,43-,47-,48-/m1/s1. The third-order valence-corrected chi connectivity index (χ3v) is 10.3. The van der Waals surface area contributed by atoms with Gasteiger partial charge in [0.15, 0.2) is 11.7 Å². The maximum Gasteiger partial charge on any atom is 0.338 e. The van der Waals surface area contributed by atoms with Crippen LogP contribution < -0.4 is 9.47 Å². The van der Waals surface area contributed by atoms with Crippen LogP contribution in [0.15, 0.2) is 127 Å². The smallest absolute Gasteiger partial charge is 0.338 e. The number of benzene rings is 5. The molecule has 5 aromatic rings. The van der Waals surface area contributed by atoms with E-state index in [1.54, 1.807) is 98.1 Å². The average Bonchev–Trinajstić information content (AvgIpc) is 3.26. The molecule has 0 saturated carbocycles. The lowest BCUT2D eigenvalue weighted by atomic mass is 9.82. The van der Waals surface area contributed by atoms with Crippen molar-refractivity contribution in [2.75, 3.05) is 7.11 Å². The minimum Gasteiger partial charge on any atom is -0.497 e. The highest BCUT2D eigenvalue weighted by molar-refractivity contribution is 6.31. The van der Waals surface area contributed by atoms with Gasteiger partial charge in [-0.25, -0.2) is 14.4 Å². The summed E-state index contributed by atoms with van der Waals surface area (Å²) in [4.78, 5) is 66.6. The summed E-state index contributed by atoms with van der Waals surface area (Å²) < 4.78 is 48.5. The van der Waals surface area contributed by atoms with Crippen molar-refractivity contribution in [2.24, 2.45) is 0 Å². The number of hydrogen-bond acceptors (Lipinski definition) is 13. The third-order valence-electron chi connectivity index (χ3n) is 10.0. The summed E-state index contributed by atoms with van der Waals surface area (Å²) in [5.41, 5.74) is 0.153. The zero-order valence-electron chi connectivity index (χ0n) is 34.6. The highest BCUT2D eigenvalue weighted by Crippen LogP contribution is 2.42. The second-order valence-corrected chi connectivity index (χ2v) is 15.0. The van der Waals surface area contributed by atoms with Crippen molar-refractivity contribution in [3.8, 4) is 11.5 Å². The molecule has 0 unspecified atom stereocenters. The van der Waals surface area contributed by atoms with Gasteiger partial charge in [-0.15, -0.1) is 0 Å². The van der Waals surface area contributed by atoms with Gasteiger partial charge in [0.1, 0.15) is 30.3 Å². The second-order valence-electron chi connectivity index (χ2n) is 14.6. The molecular weight excluding hydrogens is 820 g/mol. The normalized spacial score (nSPS) is 19.8. The zero-order chi connectivity index (χ0) is 44.4. The Bertz CT molecular complexity index is 2360. The van der Waals surface area contributed by atoms with Crippen molar-refractivity contribution >= 4 is 41.4 Å². The van der Waals surface area contributed by atoms with E-state index in [-0.39, 0.29) is 40.5 Å². The Morgan fingerprint density at radius 1 is 0.710 bits per heavy atom. The number of ether oxygens (including phenoxy) is 8. The average molecular weight is 865 g/mol. The Labute approximate surface area is 363 Å². The molecule has 322 valence electrons. The first-order valence-corrected chi connectivity index (χ1v) is 20.0. The van der Waals surface area contributed by atoms with Crippen LogP contribution in [0, 0.1) is 0 Å². The molecule has 6 rings (SSSR count). The highest BCUT2D eigenvalue weighted by Gasteiger charge is 2.63. The van der Waals surface area contributed by atoms with Gasteiger partial charge in [0.25, 0.3) is 0 Å². The van der Waals surface area contributed by atoms with Gasteiger partial charge in [-0.05, 0) is 85.6 Å². The molecule has 62 heavy (non-hydrogen) atoms. The fourth-order valence-electron chi connectivity index (χ4n) is 7.07. The summed E-state index contributed by atoms with van der Waals surface area (Å²) in [6.07, 6.45) is -7.53. The minimum absolute atomic E-state index is 0.109. The van der Waals surface area contributed by atoms with E-state index < -0.39 is 66.2 Å². The van der Waals surface area contributed by atoms with Crippen LogP contribution >= 0.6 is 11.6 Å². The summed E-state index contributed by atoms with van der Waals surface area (Å²) in [7, 11) is 1.55. The van der Waals surface area contributed by atoms with Crippen LogP contribution in [0.25, 0.3) is 0 Å². The van der Waals surface area contributed by atoms with E-state index in [1.807, 2.05) is 12.1 Å². The molecule has 13 nitrogen and oxygen atoms in total. The Morgan fingerprint density at radius 2 is 1.26 bits per heavy atom. The third kappa shape index (κ3) is 11.0. The molecule has 14 heteroatoms. The number of carbonyl (C=O) groups is 5. The Hall–Kier alpha value is -6.70. The summed E-state index contributed by atoms with van der Waals surface area (Å²) in [5, 5.41) is 0.229. The molecule has 5 aromatic carbocycles. The van der Waals surface area contributed by atoms with Gasteiger partial charge in [0, 0.05) is 30.9 Å². The van der Waals surface area contributed by atoms with Gasteiger partial charge < -0.3 is 37.9 Å². The highest BCUT2D eigenvalue weighted by atomic mass is 35.5. The van der Waals surface area contributed by atoms with Gasteiger partial charge in [-0.2, -0.15) is 0 Å². The van der Waals surface area contributed by atoms with E-state index in [4.69, 9.17) is 49.5 Å². The van der Waals surface area contributed by atoms with E-state index in [0.29, 0.717) is 16.9 Å². The van der Waals surface area contributed by atoms with E-state index in [2.05, 4.69) is 0 Å². The van der Waals surface area contributed by atoms with Crippen molar-refractivity contribution in [3.63, 3.8) is 0 Å². The first-order valence-electron chi connectivity index (χ1n) is 19.6. The van der Waals surface area contributed by atoms with Crippen molar-refractivity contribution in [2.45, 2.75) is 77.0 Å². The summed E-state index contributed by atoms with van der Waals surface area (Å²) in [6, 6.07) is 34.7. The number of hydrogen-bond donors (Lipinski definition) is 0. The van der Waals surface area contributed by atoms with Gasteiger partial charge in [0.05, 0.1) is 23.8 Å². The topological polar surface area (TPSA) is 159 Å². The van der Waals surface area contributed by atoms with Crippen molar-refractivity contribution < 1.29 is 61.9 Å². The Kier molecular flexibility index (Phi) is 14.6. The molecule has 1 saturated heterocycles. The van der Waals surface area contributed by atoms with E-state index in [1.165, 1.54) is 45.0 Å². The van der Waals surface area contributed by atoms with Gasteiger partial charge >= 0.3 is 29.8 Å². The number of methoxy groups -OCH3 is 1. The van der Waals surface area contributed by atoms with Crippen LogP contribution in [0.4, 0.5) is 0 Å². The van der Waals surface area contributed by atoms with Crippen molar-refractivity contribution in [1.29, 1.82) is 0 Å². The van der Waals surface area contributed by atoms with Crippen LogP contribution in [0.5, 0.6) is 11.5 Å². The number of halogens is 1. The van der Waals surface area contributed by atoms with Crippen LogP contribution in [0.3, 0.4) is 0 Å². The fraction of sp³-hybridized carbons (Fsp3) is 0.271. The molecule has 0 aromatic heterocycles. The summed E-state index contributed by atoms with van der Waals surface area (Å²) >= 11 is 6.98. The molecule has 0 N–H and O–H groups in total. The summed E-state index contributed by atoms with van der Waals surface area (Å²) in [6.45, 7) is 5.18. The maximum atomic E-state index is 14.1. The molecule has 1 heterocycles. The maximum absolute atomic E-state index is 14.1. The van der Waals surface area contributed by atoms with Crippen LogP contribution in [0.1, 0.15) is 75.5 Å². The first kappa shape index (κ1) is 44.8. The quantitative estimate of drug-likeness (QED) is 0.0734.